The van der Waals surface area contributed by atoms with Crippen molar-refractivity contribution in [2.75, 3.05) is 64.0 Å². The first-order chi connectivity index (χ1) is 13.5. The maximum Gasteiger partial charge on any atom is 0.253 e. The van der Waals surface area contributed by atoms with Gasteiger partial charge in [0.05, 0.1) is 24.7 Å². The molecule has 2 aliphatic heterocycles. The Balaban J connectivity index is 1.38. The van der Waals surface area contributed by atoms with Crippen LogP contribution in [0.2, 0.25) is 5.02 Å². The van der Waals surface area contributed by atoms with Crippen LogP contribution in [0.25, 0.3) is 0 Å². The number of ether oxygens (including phenoxy) is 1. The fourth-order valence-electron chi connectivity index (χ4n) is 3.15. The molecular formula is C19H24ClN3O4S. The van der Waals surface area contributed by atoms with Crippen molar-refractivity contribution < 1.29 is 19.1 Å². The average Bonchev–Trinajstić information content (AvgIpc) is 2.74. The number of rotatable bonds is 5. The van der Waals surface area contributed by atoms with Crippen LogP contribution in [-0.4, -0.2) is 96.4 Å². The van der Waals surface area contributed by atoms with E-state index in [1.807, 2.05) is 0 Å². The van der Waals surface area contributed by atoms with Gasteiger partial charge in [-0.15, -0.1) is 11.8 Å². The van der Waals surface area contributed by atoms with Gasteiger partial charge in [0.15, 0.2) is 0 Å². The first-order valence-corrected chi connectivity index (χ1v) is 10.8. The van der Waals surface area contributed by atoms with E-state index in [4.69, 9.17) is 16.3 Å². The standard InChI is InChI=1S/C19H24ClN3O4S/c20-16-3-1-15(2-4-16)19(26)23-7-5-21(6-8-23)17(24)13-28-14-18(25)22-9-11-27-12-10-22/h1-4H,5-14H2. The minimum Gasteiger partial charge on any atom is -0.378 e. The monoisotopic (exact) mass is 425 g/mol. The summed E-state index contributed by atoms with van der Waals surface area (Å²) in [7, 11) is 0. The lowest BCUT2D eigenvalue weighted by Gasteiger charge is -2.35. The van der Waals surface area contributed by atoms with Crippen LogP contribution < -0.4 is 0 Å². The first kappa shape index (κ1) is 21.0. The van der Waals surface area contributed by atoms with Crippen molar-refractivity contribution in [3.8, 4) is 0 Å². The first-order valence-electron chi connectivity index (χ1n) is 9.30. The molecule has 2 aliphatic rings. The molecule has 2 saturated heterocycles. The zero-order valence-electron chi connectivity index (χ0n) is 15.6. The van der Waals surface area contributed by atoms with E-state index in [2.05, 4.69) is 0 Å². The third-order valence-electron chi connectivity index (χ3n) is 4.83. The molecule has 28 heavy (non-hydrogen) atoms. The number of morpholine rings is 1. The number of carbonyl (C=O) groups is 3. The lowest BCUT2D eigenvalue weighted by molar-refractivity contribution is -0.132. The van der Waals surface area contributed by atoms with Gasteiger partial charge in [-0.2, -0.15) is 0 Å². The van der Waals surface area contributed by atoms with Gasteiger partial charge in [-0.25, -0.2) is 0 Å². The molecule has 0 spiro atoms. The molecule has 2 heterocycles. The molecular weight excluding hydrogens is 402 g/mol. The van der Waals surface area contributed by atoms with Crippen LogP contribution in [0.5, 0.6) is 0 Å². The highest BCUT2D eigenvalue weighted by Crippen LogP contribution is 2.14. The molecule has 0 aliphatic carbocycles. The predicted octanol–water partition coefficient (Wildman–Crippen LogP) is 1.22. The van der Waals surface area contributed by atoms with Crippen molar-refractivity contribution >= 4 is 41.1 Å². The van der Waals surface area contributed by atoms with E-state index < -0.39 is 0 Å². The number of halogens is 1. The topological polar surface area (TPSA) is 70.2 Å². The molecule has 9 heteroatoms. The molecule has 0 unspecified atom stereocenters. The van der Waals surface area contributed by atoms with Crippen LogP contribution >= 0.6 is 23.4 Å². The van der Waals surface area contributed by atoms with Gasteiger partial charge in [-0.05, 0) is 24.3 Å². The van der Waals surface area contributed by atoms with Crippen molar-refractivity contribution in [1.29, 1.82) is 0 Å². The number of piperazine rings is 1. The number of thioether (sulfide) groups is 1. The Kier molecular flexibility index (Phi) is 7.58. The Bertz CT molecular complexity index is 702. The third kappa shape index (κ3) is 5.62. The maximum atomic E-state index is 12.5. The molecule has 7 nitrogen and oxygen atoms in total. The highest BCUT2D eigenvalue weighted by atomic mass is 35.5. The minimum atomic E-state index is -0.0470. The van der Waals surface area contributed by atoms with Crippen LogP contribution in [0.3, 0.4) is 0 Å². The second kappa shape index (κ2) is 10.1. The second-order valence-electron chi connectivity index (χ2n) is 6.67. The lowest BCUT2D eigenvalue weighted by atomic mass is 10.2. The Labute approximate surface area is 173 Å². The quantitative estimate of drug-likeness (QED) is 0.709. The lowest BCUT2D eigenvalue weighted by Crippen LogP contribution is -2.51. The molecule has 1 aromatic carbocycles. The van der Waals surface area contributed by atoms with Gasteiger partial charge in [-0.1, -0.05) is 11.6 Å². The predicted molar refractivity (Wildman–Crippen MR) is 109 cm³/mol. The molecule has 0 bridgehead atoms. The van der Waals surface area contributed by atoms with Gasteiger partial charge in [0.2, 0.25) is 11.8 Å². The Hall–Kier alpha value is -1.77. The molecule has 0 aromatic heterocycles. The van der Waals surface area contributed by atoms with Gasteiger partial charge in [0.25, 0.3) is 5.91 Å². The van der Waals surface area contributed by atoms with E-state index >= 15 is 0 Å². The van der Waals surface area contributed by atoms with Gasteiger partial charge >= 0.3 is 0 Å². The van der Waals surface area contributed by atoms with Crippen LogP contribution in [0, 0.1) is 0 Å². The number of hydrogen-bond donors (Lipinski definition) is 0. The zero-order valence-corrected chi connectivity index (χ0v) is 17.2. The normalized spacial score (nSPS) is 17.5. The molecule has 1 aromatic rings. The Morgan fingerprint density at radius 3 is 1.89 bits per heavy atom. The van der Waals surface area contributed by atoms with Crippen LogP contribution in [0.4, 0.5) is 0 Å². The van der Waals surface area contributed by atoms with Crippen molar-refractivity contribution in [2.24, 2.45) is 0 Å². The van der Waals surface area contributed by atoms with E-state index in [-0.39, 0.29) is 23.5 Å². The fraction of sp³-hybridized carbons (Fsp3) is 0.526. The van der Waals surface area contributed by atoms with E-state index in [0.717, 1.165) is 0 Å². The third-order valence-corrected chi connectivity index (χ3v) is 5.98. The summed E-state index contributed by atoms with van der Waals surface area (Å²) < 4.78 is 5.24. The molecule has 0 atom stereocenters. The summed E-state index contributed by atoms with van der Waals surface area (Å²) in [5, 5.41) is 0.594. The Morgan fingerprint density at radius 2 is 1.32 bits per heavy atom. The van der Waals surface area contributed by atoms with Crippen molar-refractivity contribution in [3.05, 3.63) is 34.9 Å². The minimum absolute atomic E-state index is 0.0124. The number of amides is 3. The fourth-order valence-corrected chi connectivity index (χ4v) is 4.10. The second-order valence-corrected chi connectivity index (χ2v) is 8.09. The van der Waals surface area contributed by atoms with Gasteiger partial charge in [0.1, 0.15) is 0 Å². The molecule has 0 N–H and O–H groups in total. The van der Waals surface area contributed by atoms with E-state index in [1.54, 1.807) is 39.0 Å². The van der Waals surface area contributed by atoms with Crippen molar-refractivity contribution in [1.82, 2.24) is 14.7 Å². The smallest absolute Gasteiger partial charge is 0.253 e. The van der Waals surface area contributed by atoms with Crippen LogP contribution in [0.1, 0.15) is 10.4 Å². The summed E-state index contributed by atoms with van der Waals surface area (Å²) in [6, 6.07) is 6.82. The maximum absolute atomic E-state index is 12.5. The summed E-state index contributed by atoms with van der Waals surface area (Å²) in [5.41, 5.74) is 0.598. The summed E-state index contributed by atoms with van der Waals surface area (Å²) >= 11 is 7.21. The van der Waals surface area contributed by atoms with Crippen molar-refractivity contribution in [3.63, 3.8) is 0 Å². The number of nitrogens with zero attached hydrogens (tertiary/aromatic N) is 3. The summed E-state index contributed by atoms with van der Waals surface area (Å²) in [6.07, 6.45) is 0. The number of hydrogen-bond acceptors (Lipinski definition) is 5. The molecule has 0 radical (unpaired) electrons. The summed E-state index contributed by atoms with van der Waals surface area (Å²) in [5.74, 6) is 0.606. The molecule has 152 valence electrons. The van der Waals surface area contributed by atoms with Gasteiger partial charge in [0, 0.05) is 49.9 Å². The van der Waals surface area contributed by atoms with Gasteiger partial charge < -0.3 is 19.4 Å². The van der Waals surface area contributed by atoms with E-state index in [1.165, 1.54) is 11.8 Å². The average molecular weight is 426 g/mol. The molecule has 2 fully saturated rings. The molecule has 3 amide bonds. The van der Waals surface area contributed by atoms with Gasteiger partial charge in [-0.3, -0.25) is 14.4 Å². The largest absolute Gasteiger partial charge is 0.378 e. The molecule has 0 saturated carbocycles. The SMILES string of the molecule is O=C(CSCC(=O)N1CCN(C(=O)c2ccc(Cl)cc2)CC1)N1CCOCC1. The van der Waals surface area contributed by atoms with Crippen molar-refractivity contribution in [2.45, 2.75) is 0 Å². The highest BCUT2D eigenvalue weighted by molar-refractivity contribution is 8.00. The molecule has 3 rings (SSSR count). The summed E-state index contributed by atoms with van der Waals surface area (Å²) in [6.45, 7) is 4.43. The van der Waals surface area contributed by atoms with E-state index in [0.29, 0.717) is 68.8 Å². The zero-order chi connectivity index (χ0) is 19.9. The van der Waals surface area contributed by atoms with Crippen LogP contribution in [0.15, 0.2) is 24.3 Å². The van der Waals surface area contributed by atoms with E-state index in [9.17, 15) is 14.4 Å². The number of carbonyl (C=O) groups excluding carboxylic acids is 3. The highest BCUT2D eigenvalue weighted by Gasteiger charge is 2.25. The van der Waals surface area contributed by atoms with Crippen LogP contribution in [-0.2, 0) is 14.3 Å². The number of benzene rings is 1. The summed E-state index contributed by atoms with van der Waals surface area (Å²) in [4.78, 5) is 42.3. The Morgan fingerprint density at radius 1 is 0.821 bits per heavy atom.